The zero-order valence-electron chi connectivity index (χ0n) is 18.3. The van der Waals surface area contributed by atoms with Gasteiger partial charge in [0.05, 0.1) is 12.0 Å². The van der Waals surface area contributed by atoms with E-state index >= 15 is 0 Å². The molecular formula is C23H41NO5-2. The fourth-order valence-corrected chi connectivity index (χ4v) is 3.43. The number of hydrogen-bond donors (Lipinski definition) is 1. The van der Waals surface area contributed by atoms with Crippen molar-refractivity contribution in [2.45, 2.75) is 129 Å². The quantitative estimate of drug-likeness (QED) is 0.292. The molecule has 0 aliphatic carbocycles. The lowest BCUT2D eigenvalue weighted by Gasteiger charge is -2.19. The molecule has 1 amide bonds. The molecule has 0 rings (SSSR count). The summed E-state index contributed by atoms with van der Waals surface area (Å²) in [5.74, 6) is -3.17. The Hall–Kier alpha value is -1.59. The number of carbonyl (C=O) groups is 3. The lowest BCUT2D eigenvalue weighted by atomic mass is 10.0. The second-order valence-electron chi connectivity index (χ2n) is 8.05. The number of carboxylic acids is 2. The van der Waals surface area contributed by atoms with Gasteiger partial charge in [-0.2, -0.15) is 0 Å². The Morgan fingerprint density at radius 2 is 1.07 bits per heavy atom. The average Bonchev–Trinajstić information content (AvgIpc) is 2.67. The standard InChI is InChI=1S/C23H43NO5/c1-2-3-4-5-6-7-8-9-10-11-12-13-14-15-16-17-21(25)24-20(23(28)29)18-19-22(26)27/h20H,2-19H2,1H3,(H,24,25)(H,26,27)(H,28,29)/p-2. The molecule has 1 unspecified atom stereocenters. The first-order chi connectivity index (χ1) is 14.0. The number of carboxylic acid groups (broad SMARTS) is 2. The molecule has 0 spiro atoms. The van der Waals surface area contributed by atoms with Gasteiger partial charge in [0, 0.05) is 12.4 Å². The lowest BCUT2D eigenvalue weighted by molar-refractivity contribution is -0.310. The second kappa shape index (κ2) is 19.7. The molecule has 0 aliphatic rings. The van der Waals surface area contributed by atoms with E-state index in [-0.39, 0.29) is 18.7 Å². The summed E-state index contributed by atoms with van der Waals surface area (Å²) in [6, 6.07) is -1.27. The van der Waals surface area contributed by atoms with Gasteiger partial charge < -0.3 is 25.1 Å². The van der Waals surface area contributed by atoms with Gasteiger partial charge in [-0.25, -0.2) is 0 Å². The van der Waals surface area contributed by atoms with E-state index in [1.807, 2.05) is 0 Å². The van der Waals surface area contributed by atoms with Crippen LogP contribution in [0.3, 0.4) is 0 Å². The number of aliphatic carboxylic acids is 2. The molecule has 0 aromatic carbocycles. The highest BCUT2D eigenvalue weighted by molar-refractivity contribution is 5.83. The zero-order valence-corrected chi connectivity index (χ0v) is 18.3. The van der Waals surface area contributed by atoms with Crippen LogP contribution in [0.25, 0.3) is 0 Å². The third-order valence-electron chi connectivity index (χ3n) is 5.26. The van der Waals surface area contributed by atoms with Crippen LogP contribution in [0.15, 0.2) is 0 Å². The van der Waals surface area contributed by atoms with Crippen LogP contribution in [-0.4, -0.2) is 23.9 Å². The van der Waals surface area contributed by atoms with Crippen LogP contribution in [0.4, 0.5) is 0 Å². The summed E-state index contributed by atoms with van der Waals surface area (Å²) in [6.07, 6.45) is 18.3. The Bertz CT molecular complexity index is 439. The van der Waals surface area contributed by atoms with Gasteiger partial charge in [-0.1, -0.05) is 96.8 Å². The van der Waals surface area contributed by atoms with Gasteiger partial charge in [0.15, 0.2) is 0 Å². The highest BCUT2D eigenvalue weighted by Crippen LogP contribution is 2.13. The Labute approximate surface area is 176 Å². The lowest BCUT2D eigenvalue weighted by Crippen LogP contribution is -2.48. The van der Waals surface area contributed by atoms with E-state index < -0.39 is 24.4 Å². The Kier molecular flexibility index (Phi) is 18.6. The molecule has 1 N–H and O–H groups in total. The summed E-state index contributed by atoms with van der Waals surface area (Å²) in [6.45, 7) is 2.25. The molecule has 0 saturated heterocycles. The first-order valence-electron chi connectivity index (χ1n) is 11.7. The number of carbonyl (C=O) groups excluding carboxylic acids is 3. The van der Waals surface area contributed by atoms with Gasteiger partial charge in [0.1, 0.15) is 0 Å². The van der Waals surface area contributed by atoms with Crippen LogP contribution in [0.5, 0.6) is 0 Å². The van der Waals surface area contributed by atoms with Crippen molar-refractivity contribution in [3.8, 4) is 0 Å². The number of unbranched alkanes of at least 4 members (excludes halogenated alkanes) is 14. The van der Waals surface area contributed by atoms with E-state index in [0.717, 1.165) is 12.8 Å². The predicted octanol–water partition coefficient (Wildman–Crippen LogP) is 3.01. The highest BCUT2D eigenvalue weighted by Gasteiger charge is 2.13. The number of amides is 1. The fourth-order valence-electron chi connectivity index (χ4n) is 3.43. The maximum absolute atomic E-state index is 11.8. The zero-order chi connectivity index (χ0) is 21.7. The molecule has 6 heteroatoms. The summed E-state index contributed by atoms with van der Waals surface area (Å²) >= 11 is 0. The second-order valence-corrected chi connectivity index (χ2v) is 8.05. The molecule has 0 radical (unpaired) electrons. The van der Waals surface area contributed by atoms with Crippen LogP contribution in [0, 0.1) is 0 Å². The van der Waals surface area contributed by atoms with E-state index in [0.29, 0.717) is 6.42 Å². The van der Waals surface area contributed by atoms with E-state index in [1.165, 1.54) is 77.0 Å². The van der Waals surface area contributed by atoms with Gasteiger partial charge in [-0.05, 0) is 19.3 Å². The summed E-state index contributed by atoms with van der Waals surface area (Å²) < 4.78 is 0. The predicted molar refractivity (Wildman–Crippen MR) is 111 cm³/mol. The molecular weight excluding hydrogens is 370 g/mol. The molecule has 29 heavy (non-hydrogen) atoms. The van der Waals surface area contributed by atoms with E-state index in [2.05, 4.69) is 12.2 Å². The summed E-state index contributed by atoms with van der Waals surface area (Å²) in [5, 5.41) is 23.7. The molecule has 0 aromatic rings. The smallest absolute Gasteiger partial charge is 0.220 e. The van der Waals surface area contributed by atoms with Crippen molar-refractivity contribution in [2.24, 2.45) is 0 Å². The number of nitrogens with one attached hydrogen (secondary N) is 1. The van der Waals surface area contributed by atoms with E-state index in [1.54, 1.807) is 0 Å². The molecule has 6 nitrogen and oxygen atoms in total. The monoisotopic (exact) mass is 411 g/mol. The molecule has 0 heterocycles. The van der Waals surface area contributed by atoms with Crippen LogP contribution in [0.1, 0.15) is 122 Å². The maximum Gasteiger partial charge on any atom is 0.220 e. The Balaban J connectivity index is 3.45. The Morgan fingerprint density at radius 1 is 0.655 bits per heavy atom. The van der Waals surface area contributed by atoms with Crippen LogP contribution < -0.4 is 15.5 Å². The number of rotatable bonds is 21. The van der Waals surface area contributed by atoms with Crippen molar-refractivity contribution in [3.63, 3.8) is 0 Å². The first kappa shape index (κ1) is 27.4. The normalized spacial score (nSPS) is 11.9. The topological polar surface area (TPSA) is 109 Å². The molecule has 170 valence electrons. The van der Waals surface area contributed by atoms with Crippen LogP contribution in [-0.2, 0) is 14.4 Å². The summed E-state index contributed by atoms with van der Waals surface area (Å²) in [4.78, 5) is 33.1. The highest BCUT2D eigenvalue weighted by atomic mass is 16.4. The van der Waals surface area contributed by atoms with Crippen molar-refractivity contribution in [1.82, 2.24) is 5.32 Å². The van der Waals surface area contributed by atoms with E-state index in [9.17, 15) is 24.6 Å². The molecule has 0 saturated carbocycles. The van der Waals surface area contributed by atoms with Gasteiger partial charge >= 0.3 is 0 Å². The Morgan fingerprint density at radius 3 is 1.45 bits per heavy atom. The minimum Gasteiger partial charge on any atom is -0.550 e. The molecule has 0 fully saturated rings. The number of hydrogen-bond acceptors (Lipinski definition) is 5. The minimum absolute atomic E-state index is 0.213. The van der Waals surface area contributed by atoms with Crippen molar-refractivity contribution in [1.29, 1.82) is 0 Å². The average molecular weight is 412 g/mol. The largest absolute Gasteiger partial charge is 0.550 e. The van der Waals surface area contributed by atoms with Crippen molar-refractivity contribution in [2.75, 3.05) is 0 Å². The van der Waals surface area contributed by atoms with Crippen molar-refractivity contribution in [3.05, 3.63) is 0 Å². The molecule has 0 aromatic heterocycles. The van der Waals surface area contributed by atoms with Crippen molar-refractivity contribution >= 4 is 17.8 Å². The fraction of sp³-hybridized carbons (Fsp3) is 0.870. The van der Waals surface area contributed by atoms with Gasteiger partial charge in [0.25, 0.3) is 0 Å². The molecule has 0 bridgehead atoms. The SMILES string of the molecule is CCCCCCCCCCCCCCCCCC(=O)NC(CCC(=O)[O-])C(=O)[O-]. The van der Waals surface area contributed by atoms with Crippen LogP contribution >= 0.6 is 0 Å². The molecule has 0 aliphatic heterocycles. The third kappa shape index (κ3) is 19.5. The van der Waals surface area contributed by atoms with Crippen molar-refractivity contribution < 1.29 is 24.6 Å². The van der Waals surface area contributed by atoms with Gasteiger partial charge in [-0.15, -0.1) is 0 Å². The summed E-state index contributed by atoms with van der Waals surface area (Å²) in [7, 11) is 0. The summed E-state index contributed by atoms with van der Waals surface area (Å²) in [5.41, 5.74) is 0. The third-order valence-corrected chi connectivity index (χ3v) is 5.26. The first-order valence-corrected chi connectivity index (χ1v) is 11.7. The minimum atomic E-state index is -1.46. The maximum atomic E-state index is 11.8. The van der Waals surface area contributed by atoms with Gasteiger partial charge in [-0.3, -0.25) is 4.79 Å². The molecule has 1 atom stereocenters. The van der Waals surface area contributed by atoms with Crippen LogP contribution in [0.2, 0.25) is 0 Å². The van der Waals surface area contributed by atoms with E-state index in [4.69, 9.17) is 0 Å². The van der Waals surface area contributed by atoms with Gasteiger partial charge in [0.2, 0.25) is 5.91 Å².